The molecule has 0 aliphatic heterocycles. The van der Waals surface area contributed by atoms with Gasteiger partial charge in [-0.2, -0.15) is 0 Å². The standard InChI is InChI=1S/C7H6Cl2Se/c8-7(9)5-3-1-2-4-6(5)10/h1-4,7,10H. The van der Waals surface area contributed by atoms with Crippen LogP contribution in [0.15, 0.2) is 24.3 Å². The second-order valence-electron chi connectivity index (χ2n) is 1.86. The van der Waals surface area contributed by atoms with Crippen LogP contribution in [0.2, 0.25) is 0 Å². The Morgan fingerprint density at radius 2 is 1.80 bits per heavy atom. The summed E-state index contributed by atoms with van der Waals surface area (Å²) in [6.45, 7) is 0. The van der Waals surface area contributed by atoms with E-state index in [4.69, 9.17) is 23.2 Å². The second kappa shape index (κ2) is 3.64. The number of alkyl halides is 2. The van der Waals surface area contributed by atoms with E-state index >= 15 is 0 Å². The van der Waals surface area contributed by atoms with Crippen molar-refractivity contribution in [1.82, 2.24) is 0 Å². The van der Waals surface area contributed by atoms with Crippen LogP contribution < -0.4 is 4.46 Å². The van der Waals surface area contributed by atoms with Gasteiger partial charge in [0.15, 0.2) is 0 Å². The first-order valence-corrected chi connectivity index (χ1v) is 4.59. The van der Waals surface area contributed by atoms with E-state index in [9.17, 15) is 0 Å². The first-order valence-electron chi connectivity index (χ1n) is 2.78. The van der Waals surface area contributed by atoms with Crippen LogP contribution in [0.4, 0.5) is 0 Å². The summed E-state index contributed by atoms with van der Waals surface area (Å²) >= 11 is 13.8. The maximum atomic E-state index is 5.66. The molecule has 0 spiro atoms. The van der Waals surface area contributed by atoms with Crippen molar-refractivity contribution in [2.24, 2.45) is 0 Å². The number of rotatable bonds is 1. The van der Waals surface area contributed by atoms with E-state index in [-0.39, 0.29) is 0 Å². The molecule has 0 aromatic heterocycles. The summed E-state index contributed by atoms with van der Waals surface area (Å²) in [4.78, 5) is -0.417. The fourth-order valence-corrected chi connectivity index (χ4v) is 1.99. The average Bonchev–Trinajstić information content (AvgIpc) is 1.88. The quantitative estimate of drug-likeness (QED) is 0.517. The molecule has 0 N–H and O–H groups in total. The van der Waals surface area contributed by atoms with Crippen molar-refractivity contribution in [2.45, 2.75) is 4.84 Å². The number of hydrogen-bond acceptors (Lipinski definition) is 0. The molecule has 0 unspecified atom stereocenters. The second-order valence-corrected chi connectivity index (χ2v) is 3.97. The van der Waals surface area contributed by atoms with Crippen LogP contribution in [-0.2, 0) is 0 Å². The van der Waals surface area contributed by atoms with Gasteiger partial charge in [0.25, 0.3) is 0 Å². The van der Waals surface area contributed by atoms with Gasteiger partial charge in [0, 0.05) is 0 Å². The van der Waals surface area contributed by atoms with Crippen molar-refractivity contribution < 1.29 is 0 Å². The fraction of sp³-hybridized carbons (Fsp3) is 0.143. The molecule has 0 amide bonds. The van der Waals surface area contributed by atoms with E-state index in [1.807, 2.05) is 24.3 Å². The molecule has 3 heteroatoms. The Labute approximate surface area is 78.3 Å². The molecule has 1 rings (SSSR count). The molecular formula is C7H6Cl2Se. The maximum absolute atomic E-state index is 5.66. The van der Waals surface area contributed by atoms with Gasteiger partial charge in [-0.15, -0.1) is 0 Å². The summed E-state index contributed by atoms with van der Waals surface area (Å²) in [5, 5.41) is 0. The van der Waals surface area contributed by atoms with Gasteiger partial charge in [-0.25, -0.2) is 0 Å². The summed E-state index contributed by atoms with van der Waals surface area (Å²) in [5.41, 5.74) is 0.964. The van der Waals surface area contributed by atoms with Gasteiger partial charge in [-0.05, 0) is 0 Å². The van der Waals surface area contributed by atoms with E-state index in [1.165, 1.54) is 0 Å². The van der Waals surface area contributed by atoms with Crippen LogP contribution in [0.1, 0.15) is 10.4 Å². The summed E-state index contributed by atoms with van der Waals surface area (Å²) in [6.07, 6.45) is 0. The molecule has 0 saturated heterocycles. The Balaban J connectivity index is 3.03. The molecule has 0 heterocycles. The molecule has 0 aliphatic rings. The summed E-state index contributed by atoms with van der Waals surface area (Å²) in [6, 6.07) is 7.75. The molecule has 0 saturated carbocycles. The monoisotopic (exact) mass is 240 g/mol. The van der Waals surface area contributed by atoms with Crippen LogP contribution in [-0.4, -0.2) is 16.0 Å². The van der Waals surface area contributed by atoms with Crippen LogP contribution >= 0.6 is 23.2 Å². The summed E-state index contributed by atoms with van der Waals surface area (Å²) in [7, 11) is 0. The molecular weight excluding hydrogens is 234 g/mol. The Kier molecular flexibility index (Phi) is 3.06. The predicted molar refractivity (Wildman–Crippen MR) is 47.7 cm³/mol. The van der Waals surface area contributed by atoms with Crippen LogP contribution in [0, 0.1) is 0 Å². The Morgan fingerprint density at radius 1 is 1.20 bits per heavy atom. The minimum absolute atomic E-state index is 0.417. The van der Waals surface area contributed by atoms with E-state index in [0.717, 1.165) is 10.0 Å². The minimum atomic E-state index is -0.417. The van der Waals surface area contributed by atoms with Gasteiger partial charge in [-0.1, -0.05) is 0 Å². The van der Waals surface area contributed by atoms with Gasteiger partial charge in [0.05, 0.1) is 0 Å². The molecule has 0 aliphatic carbocycles. The first kappa shape index (κ1) is 8.42. The summed E-state index contributed by atoms with van der Waals surface area (Å²) < 4.78 is 1.07. The summed E-state index contributed by atoms with van der Waals surface area (Å²) in [5.74, 6) is 0. The van der Waals surface area contributed by atoms with Crippen molar-refractivity contribution in [1.29, 1.82) is 0 Å². The third kappa shape index (κ3) is 1.90. The van der Waals surface area contributed by atoms with Crippen LogP contribution in [0.25, 0.3) is 0 Å². The van der Waals surface area contributed by atoms with E-state index in [2.05, 4.69) is 16.0 Å². The van der Waals surface area contributed by atoms with Crippen molar-refractivity contribution >= 4 is 43.7 Å². The Bertz CT molecular complexity index is 223. The third-order valence-corrected chi connectivity index (χ3v) is 2.50. The van der Waals surface area contributed by atoms with E-state index < -0.39 is 4.84 Å². The molecule has 0 nitrogen and oxygen atoms in total. The van der Waals surface area contributed by atoms with Crippen molar-refractivity contribution in [3.63, 3.8) is 0 Å². The molecule has 1 aromatic carbocycles. The predicted octanol–water partition coefficient (Wildman–Crippen LogP) is 1.69. The van der Waals surface area contributed by atoms with Gasteiger partial charge >= 0.3 is 78.3 Å². The number of benzene rings is 1. The van der Waals surface area contributed by atoms with Crippen molar-refractivity contribution in [2.75, 3.05) is 0 Å². The molecule has 0 atom stereocenters. The number of halogens is 2. The fourth-order valence-electron chi connectivity index (χ4n) is 0.672. The molecule has 0 radical (unpaired) electrons. The molecule has 1 aromatic rings. The van der Waals surface area contributed by atoms with Gasteiger partial charge < -0.3 is 0 Å². The molecule has 54 valence electrons. The van der Waals surface area contributed by atoms with Gasteiger partial charge in [0.1, 0.15) is 0 Å². The van der Waals surface area contributed by atoms with Crippen LogP contribution in [0.3, 0.4) is 0 Å². The zero-order valence-corrected chi connectivity index (χ0v) is 8.48. The zero-order chi connectivity index (χ0) is 7.56. The van der Waals surface area contributed by atoms with Gasteiger partial charge in [0.2, 0.25) is 0 Å². The van der Waals surface area contributed by atoms with E-state index in [0.29, 0.717) is 0 Å². The molecule has 0 fully saturated rings. The SMILES string of the molecule is ClC(Cl)c1ccccc1[SeH]. The molecule has 0 bridgehead atoms. The van der Waals surface area contributed by atoms with E-state index in [1.54, 1.807) is 0 Å². The topological polar surface area (TPSA) is 0 Å². The average molecular weight is 240 g/mol. The Morgan fingerprint density at radius 3 is 2.20 bits per heavy atom. The third-order valence-electron chi connectivity index (χ3n) is 1.17. The number of hydrogen-bond donors (Lipinski definition) is 0. The zero-order valence-electron chi connectivity index (χ0n) is 5.09. The Hall–Kier alpha value is 0.319. The first-order chi connectivity index (χ1) is 4.72. The van der Waals surface area contributed by atoms with Gasteiger partial charge in [-0.3, -0.25) is 0 Å². The normalized spacial score (nSPS) is 10.4. The molecule has 10 heavy (non-hydrogen) atoms. The van der Waals surface area contributed by atoms with Crippen LogP contribution in [0.5, 0.6) is 0 Å². The van der Waals surface area contributed by atoms with Crippen molar-refractivity contribution in [3.8, 4) is 0 Å². The van der Waals surface area contributed by atoms with Crippen molar-refractivity contribution in [3.05, 3.63) is 29.8 Å².